The number of halogens is 2. The molecular weight excluding hydrogens is 666 g/mol. The number of piperazine rings is 2. The third-order valence-corrected chi connectivity index (χ3v) is 12.4. The summed E-state index contributed by atoms with van der Waals surface area (Å²) in [7, 11) is 0. The average molecular weight is 701 g/mol. The second-order valence-corrected chi connectivity index (χ2v) is 14.8. The van der Waals surface area contributed by atoms with Gasteiger partial charge in [0.25, 0.3) is 0 Å². The first kappa shape index (κ1) is 31.0. The van der Waals surface area contributed by atoms with Crippen molar-refractivity contribution in [2.45, 2.75) is 73.0 Å². The third-order valence-electron chi connectivity index (χ3n) is 12.4. The molecule has 0 spiro atoms. The van der Waals surface area contributed by atoms with Crippen molar-refractivity contribution in [2.75, 3.05) is 10.6 Å². The Morgan fingerprint density at radius 1 is 0.538 bits per heavy atom. The number of carbonyl (C=O) groups excluding carboxylic acids is 4. The van der Waals surface area contributed by atoms with Crippen LogP contribution in [0.1, 0.15) is 35.1 Å². The maximum Gasteiger partial charge on any atom is 0.247 e. The summed E-state index contributed by atoms with van der Waals surface area (Å²) in [4.78, 5) is 60.6. The fraction of sp³-hybridized carbons (Fsp3) is 0.300. The van der Waals surface area contributed by atoms with E-state index < -0.39 is 70.8 Å². The Balaban J connectivity index is 1.16. The fourth-order valence-electron chi connectivity index (χ4n) is 10.5. The Hall–Kier alpha value is -5.78. The zero-order chi connectivity index (χ0) is 35.5. The van der Waals surface area contributed by atoms with E-state index in [4.69, 9.17) is 0 Å². The number of nitrogens with zero attached hydrogens (tertiary/aromatic N) is 2. The molecule has 0 radical (unpaired) electrons. The SMILES string of the molecule is O=C1N[C@@H](Cc2ccccc2)C(=O)N2[C@H]3Nc4cccc(F)c4C3(C34C[C@H]5C(=O)N[C@@H](Cc6ccccc6)C(=O)N5[C@H]3Nc3cccc(F)c34)C[C@@H]12. The van der Waals surface area contributed by atoms with Crippen molar-refractivity contribution in [1.29, 1.82) is 0 Å². The summed E-state index contributed by atoms with van der Waals surface area (Å²) in [5.41, 5.74) is -0.0105. The minimum atomic E-state index is -1.50. The highest BCUT2D eigenvalue weighted by atomic mass is 19.1. The standard InChI is InChI=1S/C40H34F2N6O4/c41-23-13-7-15-25-31(23)39(19-29-33(49)43-27(17-21-9-3-1-4-10-21)35(51)47(29)37(39)45-25)40-20-30-34(50)44-28(18-22-11-5-2-6-12-22)36(52)48(30)38(40)46-26-16-8-14-24(42)32(26)40/h1-16,27-30,37-38,45-46H,17-20H2,(H,43,49)(H,44,50)/t27-,28-,29-,30-,37+,38+,39?,40?/m0/s1. The highest BCUT2D eigenvalue weighted by Crippen LogP contribution is 2.69. The van der Waals surface area contributed by atoms with Gasteiger partial charge in [-0.3, -0.25) is 19.2 Å². The molecule has 4 N–H and O–H groups in total. The topological polar surface area (TPSA) is 123 Å². The number of fused-ring (bicyclic) bond motifs is 11. The minimum Gasteiger partial charge on any atom is -0.364 e. The summed E-state index contributed by atoms with van der Waals surface area (Å²) in [5.74, 6) is -2.64. The minimum absolute atomic E-state index is 0.0655. The van der Waals surface area contributed by atoms with Crippen LogP contribution in [0.5, 0.6) is 0 Å². The maximum atomic E-state index is 16.7. The van der Waals surface area contributed by atoms with E-state index in [-0.39, 0.29) is 48.6 Å². The van der Waals surface area contributed by atoms with Gasteiger partial charge in [0.2, 0.25) is 23.6 Å². The Bertz CT molecular complexity index is 2050. The average Bonchev–Trinajstić information content (AvgIpc) is 3.85. The molecule has 262 valence electrons. The molecule has 4 fully saturated rings. The summed E-state index contributed by atoms with van der Waals surface area (Å²) in [6, 6.07) is 24.1. The van der Waals surface area contributed by atoms with Gasteiger partial charge in [-0.1, -0.05) is 72.8 Å². The molecule has 0 aliphatic carbocycles. The number of hydrogen-bond acceptors (Lipinski definition) is 6. The molecule has 6 aliphatic heterocycles. The third kappa shape index (κ3) is 3.92. The summed E-state index contributed by atoms with van der Waals surface area (Å²) in [6.07, 6.45) is -1.65. The lowest BCUT2D eigenvalue weighted by atomic mass is 9.54. The predicted molar refractivity (Wildman–Crippen MR) is 186 cm³/mol. The molecule has 6 aliphatic rings. The van der Waals surface area contributed by atoms with Crippen molar-refractivity contribution >= 4 is 35.0 Å². The molecule has 0 saturated carbocycles. The highest BCUT2D eigenvalue weighted by Gasteiger charge is 2.79. The monoisotopic (exact) mass is 700 g/mol. The number of anilines is 2. The molecule has 0 bridgehead atoms. The Labute approximate surface area is 297 Å². The Kier molecular flexibility index (Phi) is 6.48. The van der Waals surface area contributed by atoms with Crippen molar-refractivity contribution < 1.29 is 28.0 Å². The van der Waals surface area contributed by atoms with Crippen molar-refractivity contribution in [3.05, 3.63) is 131 Å². The van der Waals surface area contributed by atoms with E-state index in [1.54, 1.807) is 24.3 Å². The zero-order valence-electron chi connectivity index (χ0n) is 27.8. The summed E-state index contributed by atoms with van der Waals surface area (Å²) in [5, 5.41) is 12.7. The van der Waals surface area contributed by atoms with Gasteiger partial charge in [0.05, 0.1) is 10.8 Å². The van der Waals surface area contributed by atoms with Gasteiger partial charge < -0.3 is 31.1 Å². The van der Waals surface area contributed by atoms with Crippen LogP contribution in [0.2, 0.25) is 0 Å². The van der Waals surface area contributed by atoms with Crippen LogP contribution in [0.3, 0.4) is 0 Å². The molecule has 12 heteroatoms. The second kappa shape index (κ2) is 10.9. The van der Waals surface area contributed by atoms with Gasteiger partial charge in [-0.2, -0.15) is 0 Å². The Morgan fingerprint density at radius 3 is 1.35 bits per heavy atom. The molecular formula is C40H34F2N6O4. The first-order chi connectivity index (χ1) is 25.2. The zero-order valence-corrected chi connectivity index (χ0v) is 27.8. The quantitative estimate of drug-likeness (QED) is 0.254. The fourth-order valence-corrected chi connectivity index (χ4v) is 10.5. The normalized spacial score (nSPS) is 32.1. The first-order valence-electron chi connectivity index (χ1n) is 17.7. The molecule has 10 nitrogen and oxygen atoms in total. The smallest absolute Gasteiger partial charge is 0.247 e. The largest absolute Gasteiger partial charge is 0.364 e. The lowest BCUT2D eigenvalue weighted by Gasteiger charge is -2.48. The molecule has 4 amide bonds. The summed E-state index contributed by atoms with van der Waals surface area (Å²) in [6.45, 7) is 0. The van der Waals surface area contributed by atoms with E-state index >= 15 is 8.78 Å². The van der Waals surface area contributed by atoms with Gasteiger partial charge in [-0.15, -0.1) is 0 Å². The summed E-state index contributed by atoms with van der Waals surface area (Å²) < 4.78 is 33.4. The first-order valence-corrected chi connectivity index (χ1v) is 17.7. The van der Waals surface area contributed by atoms with Crippen molar-refractivity contribution in [3.8, 4) is 0 Å². The molecule has 0 aromatic heterocycles. The highest BCUT2D eigenvalue weighted by molar-refractivity contribution is 6.01. The van der Waals surface area contributed by atoms with Crippen LogP contribution in [0.4, 0.5) is 20.2 Å². The van der Waals surface area contributed by atoms with Crippen LogP contribution < -0.4 is 21.3 Å². The lowest BCUT2D eigenvalue weighted by molar-refractivity contribution is -0.149. The molecule has 4 aromatic carbocycles. The van der Waals surface area contributed by atoms with E-state index in [0.29, 0.717) is 11.4 Å². The Morgan fingerprint density at radius 2 is 0.942 bits per heavy atom. The van der Waals surface area contributed by atoms with E-state index in [9.17, 15) is 19.2 Å². The van der Waals surface area contributed by atoms with Crippen molar-refractivity contribution in [1.82, 2.24) is 20.4 Å². The van der Waals surface area contributed by atoms with Gasteiger partial charge >= 0.3 is 0 Å². The number of rotatable bonds is 5. The van der Waals surface area contributed by atoms with E-state index in [2.05, 4.69) is 21.3 Å². The molecule has 52 heavy (non-hydrogen) atoms. The lowest BCUT2D eigenvalue weighted by Crippen LogP contribution is -2.67. The molecule has 4 aromatic rings. The predicted octanol–water partition coefficient (Wildman–Crippen LogP) is 3.33. The van der Waals surface area contributed by atoms with Crippen LogP contribution >= 0.6 is 0 Å². The van der Waals surface area contributed by atoms with Gasteiger partial charge in [-0.25, -0.2) is 8.78 Å². The van der Waals surface area contributed by atoms with Gasteiger partial charge in [0, 0.05) is 35.3 Å². The molecule has 6 heterocycles. The van der Waals surface area contributed by atoms with Crippen LogP contribution in [-0.4, -0.2) is 69.9 Å². The second-order valence-electron chi connectivity index (χ2n) is 14.8. The number of hydrogen-bond donors (Lipinski definition) is 4. The molecule has 4 saturated heterocycles. The van der Waals surface area contributed by atoms with Crippen LogP contribution in [0.15, 0.2) is 97.1 Å². The number of amides is 4. The number of carbonyl (C=O) groups is 4. The van der Waals surface area contributed by atoms with Crippen LogP contribution in [-0.2, 0) is 42.8 Å². The van der Waals surface area contributed by atoms with Crippen molar-refractivity contribution in [2.24, 2.45) is 0 Å². The van der Waals surface area contributed by atoms with Crippen LogP contribution in [0, 0.1) is 11.6 Å². The number of nitrogens with one attached hydrogen (secondary N) is 4. The van der Waals surface area contributed by atoms with Gasteiger partial charge in [0.1, 0.15) is 48.1 Å². The van der Waals surface area contributed by atoms with E-state index in [0.717, 1.165) is 11.1 Å². The number of benzene rings is 4. The maximum absolute atomic E-state index is 16.7. The summed E-state index contributed by atoms with van der Waals surface area (Å²) >= 11 is 0. The van der Waals surface area contributed by atoms with Crippen LogP contribution in [0.25, 0.3) is 0 Å². The van der Waals surface area contributed by atoms with Gasteiger partial charge in [-0.05, 0) is 48.2 Å². The van der Waals surface area contributed by atoms with E-state index in [1.807, 2.05) is 60.7 Å². The molecule has 10 rings (SSSR count). The van der Waals surface area contributed by atoms with Gasteiger partial charge in [0.15, 0.2) is 0 Å². The van der Waals surface area contributed by atoms with Crippen molar-refractivity contribution in [3.63, 3.8) is 0 Å². The van der Waals surface area contributed by atoms with E-state index in [1.165, 1.54) is 21.9 Å². The molecule has 8 atom stereocenters. The molecule has 2 unspecified atom stereocenters.